The fourth-order valence-electron chi connectivity index (χ4n) is 3.79. The van der Waals surface area contributed by atoms with Crippen LogP contribution in [0.25, 0.3) is 0 Å². The van der Waals surface area contributed by atoms with E-state index in [4.69, 9.17) is 15.2 Å². The van der Waals surface area contributed by atoms with Crippen LogP contribution >= 0.6 is 0 Å². The van der Waals surface area contributed by atoms with Gasteiger partial charge in [-0.15, -0.1) is 0 Å². The summed E-state index contributed by atoms with van der Waals surface area (Å²) in [6, 6.07) is 0. The minimum Gasteiger partial charge on any atom is -0.378 e. The zero-order valence-corrected chi connectivity index (χ0v) is 13.4. The topological polar surface area (TPSA) is 61.6 Å². The fourth-order valence-corrected chi connectivity index (χ4v) is 3.79. The standard InChI is InChI=1S/C17H31NO3/c1-2-3-14(6-9-18)4-5-16(19)15-7-10-21-17(12-15)8-11-20-13-17/h14-15H,2-13,18H2,1H3. The second kappa shape index (κ2) is 8.25. The second-order valence-electron chi connectivity index (χ2n) is 6.76. The molecule has 4 nitrogen and oxygen atoms in total. The molecule has 4 heteroatoms. The Kier molecular flexibility index (Phi) is 6.65. The number of nitrogens with two attached hydrogens (primary N) is 1. The van der Waals surface area contributed by atoms with E-state index in [1.807, 2.05) is 0 Å². The molecule has 0 aromatic heterocycles. The van der Waals surface area contributed by atoms with Gasteiger partial charge in [0.1, 0.15) is 5.78 Å². The van der Waals surface area contributed by atoms with E-state index < -0.39 is 0 Å². The van der Waals surface area contributed by atoms with Crippen molar-refractivity contribution in [3.63, 3.8) is 0 Å². The summed E-state index contributed by atoms with van der Waals surface area (Å²) in [6.45, 7) is 5.09. The van der Waals surface area contributed by atoms with Gasteiger partial charge in [0, 0.05) is 32.0 Å². The Morgan fingerprint density at radius 3 is 2.86 bits per heavy atom. The van der Waals surface area contributed by atoms with Crippen LogP contribution in [-0.2, 0) is 14.3 Å². The predicted octanol–water partition coefficient (Wildman–Crippen LogP) is 2.69. The van der Waals surface area contributed by atoms with Gasteiger partial charge in [0.05, 0.1) is 12.2 Å². The summed E-state index contributed by atoms with van der Waals surface area (Å²) in [6.07, 6.45) is 7.83. The zero-order chi connectivity index (χ0) is 15.1. The number of ether oxygens (including phenoxy) is 2. The quantitative estimate of drug-likeness (QED) is 0.748. The van der Waals surface area contributed by atoms with Crippen LogP contribution in [-0.4, -0.2) is 37.7 Å². The SMILES string of the molecule is CCCC(CCN)CCC(=O)C1CCOC2(CCOC2)C1. The third-order valence-corrected chi connectivity index (χ3v) is 5.09. The largest absolute Gasteiger partial charge is 0.378 e. The molecule has 2 fully saturated rings. The van der Waals surface area contributed by atoms with Crippen LogP contribution in [0, 0.1) is 11.8 Å². The molecule has 0 amide bonds. The van der Waals surface area contributed by atoms with E-state index >= 15 is 0 Å². The van der Waals surface area contributed by atoms with Crippen LogP contribution < -0.4 is 5.73 Å². The van der Waals surface area contributed by atoms with Crippen LogP contribution in [0.4, 0.5) is 0 Å². The Balaban J connectivity index is 1.79. The molecule has 21 heavy (non-hydrogen) atoms. The molecular formula is C17H31NO3. The summed E-state index contributed by atoms with van der Waals surface area (Å²) in [5.74, 6) is 1.23. The monoisotopic (exact) mass is 297 g/mol. The summed E-state index contributed by atoms with van der Waals surface area (Å²) in [4.78, 5) is 12.5. The minimum absolute atomic E-state index is 0.154. The van der Waals surface area contributed by atoms with Gasteiger partial charge in [-0.3, -0.25) is 4.79 Å². The highest BCUT2D eigenvalue weighted by atomic mass is 16.6. The lowest BCUT2D eigenvalue weighted by Crippen LogP contribution is -2.42. The number of carbonyl (C=O) groups is 1. The molecule has 122 valence electrons. The molecule has 0 saturated carbocycles. The van der Waals surface area contributed by atoms with Crippen molar-refractivity contribution in [2.24, 2.45) is 17.6 Å². The summed E-state index contributed by atoms with van der Waals surface area (Å²) in [5, 5.41) is 0. The number of rotatable bonds is 8. The Labute approximate surface area is 128 Å². The van der Waals surface area contributed by atoms with Gasteiger partial charge in [0.25, 0.3) is 0 Å². The van der Waals surface area contributed by atoms with Crippen molar-refractivity contribution in [2.45, 2.75) is 63.9 Å². The van der Waals surface area contributed by atoms with Gasteiger partial charge < -0.3 is 15.2 Å². The molecule has 2 aliphatic heterocycles. The Morgan fingerprint density at radius 1 is 1.33 bits per heavy atom. The first-order chi connectivity index (χ1) is 10.2. The number of carbonyl (C=O) groups excluding carboxylic acids is 1. The molecule has 2 heterocycles. The van der Waals surface area contributed by atoms with Crippen LogP contribution in [0.2, 0.25) is 0 Å². The van der Waals surface area contributed by atoms with Crippen molar-refractivity contribution in [3.05, 3.63) is 0 Å². The van der Waals surface area contributed by atoms with Gasteiger partial charge in [0.2, 0.25) is 0 Å². The van der Waals surface area contributed by atoms with Gasteiger partial charge in [-0.1, -0.05) is 19.8 Å². The predicted molar refractivity (Wildman–Crippen MR) is 83.2 cm³/mol. The van der Waals surface area contributed by atoms with E-state index in [9.17, 15) is 4.79 Å². The van der Waals surface area contributed by atoms with Crippen LogP contribution in [0.1, 0.15) is 58.3 Å². The van der Waals surface area contributed by atoms with Crippen molar-refractivity contribution in [3.8, 4) is 0 Å². The minimum atomic E-state index is -0.154. The summed E-state index contributed by atoms with van der Waals surface area (Å²) < 4.78 is 11.4. The van der Waals surface area contributed by atoms with Crippen molar-refractivity contribution in [1.29, 1.82) is 0 Å². The summed E-state index contributed by atoms with van der Waals surface area (Å²) in [5.41, 5.74) is 5.52. The fraction of sp³-hybridized carbons (Fsp3) is 0.941. The maximum atomic E-state index is 12.5. The first-order valence-corrected chi connectivity index (χ1v) is 8.63. The van der Waals surface area contributed by atoms with E-state index in [0.717, 1.165) is 45.3 Å². The van der Waals surface area contributed by atoms with E-state index in [0.29, 0.717) is 31.3 Å². The smallest absolute Gasteiger partial charge is 0.136 e. The van der Waals surface area contributed by atoms with Crippen molar-refractivity contribution >= 4 is 5.78 Å². The molecule has 0 aliphatic carbocycles. The molecule has 2 saturated heterocycles. The molecule has 3 unspecified atom stereocenters. The third kappa shape index (κ3) is 4.76. The van der Waals surface area contributed by atoms with E-state index in [-0.39, 0.29) is 11.5 Å². The molecule has 1 spiro atoms. The molecule has 0 bridgehead atoms. The molecular weight excluding hydrogens is 266 g/mol. The van der Waals surface area contributed by atoms with Crippen LogP contribution in [0.5, 0.6) is 0 Å². The lowest BCUT2D eigenvalue weighted by molar-refractivity contribution is -0.137. The number of hydrogen-bond donors (Lipinski definition) is 1. The van der Waals surface area contributed by atoms with Gasteiger partial charge in [0.15, 0.2) is 0 Å². The van der Waals surface area contributed by atoms with E-state index in [2.05, 4.69) is 6.92 Å². The number of Topliss-reactive ketones (excluding diaryl/α,β-unsaturated/α-hetero) is 1. The maximum absolute atomic E-state index is 12.5. The highest BCUT2D eigenvalue weighted by molar-refractivity contribution is 5.81. The van der Waals surface area contributed by atoms with Crippen LogP contribution in [0.3, 0.4) is 0 Å². The van der Waals surface area contributed by atoms with Gasteiger partial charge in [-0.25, -0.2) is 0 Å². The second-order valence-corrected chi connectivity index (χ2v) is 6.76. The van der Waals surface area contributed by atoms with Crippen molar-refractivity contribution < 1.29 is 14.3 Å². The third-order valence-electron chi connectivity index (χ3n) is 5.09. The number of hydrogen-bond acceptors (Lipinski definition) is 4. The van der Waals surface area contributed by atoms with Gasteiger partial charge in [-0.05, 0) is 38.1 Å². The zero-order valence-electron chi connectivity index (χ0n) is 13.4. The molecule has 2 rings (SSSR count). The molecule has 0 radical (unpaired) electrons. The lowest BCUT2D eigenvalue weighted by atomic mass is 9.81. The normalized spacial score (nSPS) is 30.7. The molecule has 0 aromatic rings. The van der Waals surface area contributed by atoms with Crippen LogP contribution in [0.15, 0.2) is 0 Å². The van der Waals surface area contributed by atoms with E-state index in [1.165, 1.54) is 12.8 Å². The molecule has 2 aliphatic rings. The average molecular weight is 297 g/mol. The Morgan fingerprint density at radius 2 is 2.19 bits per heavy atom. The van der Waals surface area contributed by atoms with Gasteiger partial charge in [-0.2, -0.15) is 0 Å². The van der Waals surface area contributed by atoms with Crippen molar-refractivity contribution in [1.82, 2.24) is 0 Å². The highest BCUT2D eigenvalue weighted by Gasteiger charge is 2.42. The lowest BCUT2D eigenvalue weighted by Gasteiger charge is -2.36. The highest BCUT2D eigenvalue weighted by Crippen LogP contribution is 2.36. The van der Waals surface area contributed by atoms with E-state index in [1.54, 1.807) is 0 Å². The average Bonchev–Trinajstić information content (AvgIpc) is 2.92. The molecule has 2 N–H and O–H groups in total. The summed E-state index contributed by atoms with van der Waals surface area (Å²) >= 11 is 0. The molecule has 0 aromatic carbocycles. The maximum Gasteiger partial charge on any atom is 0.136 e. The summed E-state index contributed by atoms with van der Waals surface area (Å²) in [7, 11) is 0. The first kappa shape index (κ1) is 16.9. The number of ketones is 1. The van der Waals surface area contributed by atoms with Crippen molar-refractivity contribution in [2.75, 3.05) is 26.4 Å². The Bertz CT molecular complexity index is 320. The van der Waals surface area contributed by atoms with Gasteiger partial charge >= 0.3 is 0 Å². The first-order valence-electron chi connectivity index (χ1n) is 8.63. The molecule has 3 atom stereocenters. The Hall–Kier alpha value is -0.450.